The lowest BCUT2D eigenvalue weighted by Gasteiger charge is -2.17. The molecule has 0 unspecified atom stereocenters. The molecule has 0 N–H and O–H groups in total. The van der Waals surface area contributed by atoms with Gasteiger partial charge >= 0.3 is 0 Å². The summed E-state index contributed by atoms with van der Waals surface area (Å²) in [5, 5.41) is 0. The van der Waals surface area contributed by atoms with Crippen molar-refractivity contribution < 1.29 is 18.9 Å². The highest BCUT2D eigenvalue weighted by atomic mass is 16.6. The van der Waals surface area contributed by atoms with Gasteiger partial charge in [-0.25, -0.2) is 0 Å². The van der Waals surface area contributed by atoms with Crippen LogP contribution in [0.15, 0.2) is 60.7 Å². The van der Waals surface area contributed by atoms with E-state index in [1.165, 1.54) is 0 Å². The summed E-state index contributed by atoms with van der Waals surface area (Å²) in [6.07, 6.45) is 0. The van der Waals surface area contributed by atoms with Gasteiger partial charge in [-0.3, -0.25) is 0 Å². The molecule has 0 saturated heterocycles. The molecule has 4 rings (SSSR count). The van der Waals surface area contributed by atoms with Crippen LogP contribution in [0.1, 0.15) is 22.3 Å². The zero-order chi connectivity index (χ0) is 20.8. The average Bonchev–Trinajstić information content (AvgIpc) is 2.81. The predicted molar refractivity (Wildman–Crippen MR) is 115 cm³/mol. The van der Waals surface area contributed by atoms with Crippen LogP contribution in [0.4, 0.5) is 0 Å². The lowest BCUT2D eigenvalue weighted by molar-refractivity contribution is 0.171. The minimum atomic E-state index is 0.540. The van der Waals surface area contributed by atoms with Crippen molar-refractivity contribution in [2.75, 3.05) is 27.4 Å². The molecule has 3 aromatic carbocycles. The minimum Gasteiger partial charge on any atom is -0.493 e. The van der Waals surface area contributed by atoms with Gasteiger partial charge in [0.05, 0.1) is 14.2 Å². The second-order valence-corrected chi connectivity index (χ2v) is 6.48. The first-order valence-corrected chi connectivity index (χ1v) is 9.51. The highest BCUT2D eigenvalue weighted by molar-refractivity contribution is 5.61. The first kappa shape index (κ1) is 19.3. The van der Waals surface area contributed by atoms with E-state index in [4.69, 9.17) is 18.9 Å². The number of rotatable bonds is 2. The number of benzene rings is 3. The van der Waals surface area contributed by atoms with Crippen LogP contribution < -0.4 is 18.9 Å². The second-order valence-electron chi connectivity index (χ2n) is 6.48. The summed E-state index contributed by atoms with van der Waals surface area (Å²) >= 11 is 0. The van der Waals surface area contributed by atoms with Crippen molar-refractivity contribution in [3.8, 4) is 46.7 Å². The van der Waals surface area contributed by atoms with Crippen molar-refractivity contribution in [1.29, 1.82) is 0 Å². The van der Waals surface area contributed by atoms with Gasteiger partial charge in [0.25, 0.3) is 0 Å². The Kier molecular flexibility index (Phi) is 5.78. The molecule has 0 fully saturated rings. The van der Waals surface area contributed by atoms with Crippen LogP contribution in [0.25, 0.3) is 0 Å². The van der Waals surface area contributed by atoms with E-state index in [0.717, 1.165) is 28.0 Å². The lowest BCUT2D eigenvalue weighted by Crippen LogP contribution is -2.15. The summed E-state index contributed by atoms with van der Waals surface area (Å²) < 4.78 is 22.1. The van der Waals surface area contributed by atoms with Gasteiger partial charge in [-0.2, -0.15) is 0 Å². The maximum atomic E-state index is 5.64. The first-order valence-electron chi connectivity index (χ1n) is 9.51. The van der Waals surface area contributed by atoms with Gasteiger partial charge in [-0.05, 0) is 30.3 Å². The van der Waals surface area contributed by atoms with Crippen molar-refractivity contribution >= 4 is 0 Å². The summed E-state index contributed by atoms with van der Waals surface area (Å²) in [5.74, 6) is 15.5. The van der Waals surface area contributed by atoms with Gasteiger partial charge in [-0.1, -0.05) is 41.9 Å². The Bertz CT molecular complexity index is 1170. The van der Waals surface area contributed by atoms with Gasteiger partial charge in [-0.15, -0.1) is 0 Å². The molecular formula is C26H20O4. The van der Waals surface area contributed by atoms with Crippen molar-refractivity contribution in [3.05, 3.63) is 82.9 Å². The van der Waals surface area contributed by atoms with Gasteiger partial charge in [0.1, 0.15) is 13.2 Å². The van der Waals surface area contributed by atoms with Crippen molar-refractivity contribution in [3.63, 3.8) is 0 Å². The molecule has 1 aliphatic rings. The van der Waals surface area contributed by atoms with Crippen LogP contribution in [0, 0.1) is 23.7 Å². The van der Waals surface area contributed by atoms with Gasteiger partial charge in [0.15, 0.2) is 23.0 Å². The van der Waals surface area contributed by atoms with E-state index in [9.17, 15) is 0 Å². The van der Waals surface area contributed by atoms with E-state index in [1.54, 1.807) is 14.2 Å². The molecule has 148 valence electrons. The Labute approximate surface area is 176 Å². The normalized spacial score (nSPS) is 11.4. The third kappa shape index (κ3) is 4.35. The molecule has 1 heterocycles. The van der Waals surface area contributed by atoms with E-state index >= 15 is 0 Å². The zero-order valence-electron chi connectivity index (χ0n) is 16.8. The molecule has 30 heavy (non-hydrogen) atoms. The van der Waals surface area contributed by atoms with Crippen LogP contribution in [0.5, 0.6) is 23.0 Å². The average molecular weight is 396 g/mol. The third-order valence-corrected chi connectivity index (χ3v) is 4.52. The topological polar surface area (TPSA) is 36.9 Å². The number of fused-ring (bicyclic) bond motifs is 1. The van der Waals surface area contributed by atoms with Crippen molar-refractivity contribution in [2.45, 2.75) is 0 Å². The SMILES string of the molecule is COc1cc(C#Cc2ccccc2)c(C#Cc2ccc3c(c2)OCCO3)cc1OC. The number of hydrogen-bond acceptors (Lipinski definition) is 4. The molecule has 0 radical (unpaired) electrons. The van der Waals surface area contributed by atoms with Crippen molar-refractivity contribution in [1.82, 2.24) is 0 Å². The van der Waals surface area contributed by atoms with Gasteiger partial charge in [0, 0.05) is 34.4 Å². The molecule has 0 bridgehead atoms. The van der Waals surface area contributed by atoms with Crippen LogP contribution in [-0.2, 0) is 0 Å². The number of ether oxygens (including phenoxy) is 4. The van der Waals surface area contributed by atoms with Crippen molar-refractivity contribution in [2.24, 2.45) is 0 Å². The highest BCUT2D eigenvalue weighted by Gasteiger charge is 2.11. The highest BCUT2D eigenvalue weighted by Crippen LogP contribution is 2.31. The molecule has 4 heteroatoms. The van der Waals surface area contributed by atoms with E-state index < -0.39 is 0 Å². The van der Waals surface area contributed by atoms with Crippen LogP contribution in [-0.4, -0.2) is 27.4 Å². The van der Waals surface area contributed by atoms with Gasteiger partial charge < -0.3 is 18.9 Å². The largest absolute Gasteiger partial charge is 0.493 e. The summed E-state index contributed by atoms with van der Waals surface area (Å²) in [6, 6.07) is 19.2. The molecule has 0 atom stereocenters. The molecule has 0 amide bonds. The maximum Gasteiger partial charge on any atom is 0.162 e. The predicted octanol–water partition coefficient (Wildman–Crippen LogP) is 4.27. The fraction of sp³-hybridized carbons (Fsp3) is 0.154. The lowest BCUT2D eigenvalue weighted by atomic mass is 10.1. The third-order valence-electron chi connectivity index (χ3n) is 4.52. The van der Waals surface area contributed by atoms with E-state index in [1.807, 2.05) is 60.7 Å². The Balaban J connectivity index is 1.73. The molecule has 3 aromatic rings. The molecule has 4 nitrogen and oxygen atoms in total. The van der Waals surface area contributed by atoms with Crippen LogP contribution in [0.3, 0.4) is 0 Å². The fourth-order valence-electron chi connectivity index (χ4n) is 3.01. The van der Waals surface area contributed by atoms with E-state index in [2.05, 4.69) is 23.7 Å². The second kappa shape index (κ2) is 8.99. The quantitative estimate of drug-likeness (QED) is 0.606. The fourth-order valence-corrected chi connectivity index (χ4v) is 3.01. The molecule has 0 spiro atoms. The van der Waals surface area contributed by atoms with Gasteiger partial charge in [0.2, 0.25) is 0 Å². The zero-order valence-corrected chi connectivity index (χ0v) is 16.8. The Morgan fingerprint density at radius 3 is 1.87 bits per heavy atom. The first-order chi connectivity index (χ1) is 14.8. The standard InChI is InChI=1S/C26H20O4/c1-27-24-17-21(11-8-19-6-4-3-5-7-19)22(18-25(24)28-2)12-9-20-10-13-23-26(16-20)30-15-14-29-23/h3-7,10,13,16-18H,14-15H2,1-2H3. The van der Waals surface area contributed by atoms with Crippen LogP contribution >= 0.6 is 0 Å². The molecule has 0 aromatic heterocycles. The summed E-state index contributed by atoms with van der Waals surface area (Å²) in [6.45, 7) is 1.10. The Morgan fingerprint density at radius 2 is 1.23 bits per heavy atom. The Morgan fingerprint density at radius 1 is 0.633 bits per heavy atom. The van der Waals surface area contributed by atoms with Crippen LogP contribution in [0.2, 0.25) is 0 Å². The van der Waals surface area contributed by atoms with E-state index in [0.29, 0.717) is 30.5 Å². The summed E-state index contributed by atoms with van der Waals surface area (Å²) in [4.78, 5) is 0. The summed E-state index contributed by atoms with van der Waals surface area (Å²) in [5.41, 5.74) is 3.28. The monoisotopic (exact) mass is 396 g/mol. The van der Waals surface area contributed by atoms with E-state index in [-0.39, 0.29) is 0 Å². The minimum absolute atomic E-state index is 0.540. The summed E-state index contributed by atoms with van der Waals surface area (Å²) in [7, 11) is 3.21. The number of hydrogen-bond donors (Lipinski definition) is 0. The Hall–Kier alpha value is -4.02. The molecule has 0 aliphatic carbocycles. The molecule has 0 saturated carbocycles. The smallest absolute Gasteiger partial charge is 0.162 e. The molecule has 1 aliphatic heterocycles. The molecular weight excluding hydrogens is 376 g/mol. The number of methoxy groups -OCH3 is 2. The maximum absolute atomic E-state index is 5.64.